The van der Waals surface area contributed by atoms with Crippen molar-refractivity contribution in [2.24, 2.45) is 0 Å². The van der Waals surface area contributed by atoms with Gasteiger partial charge < -0.3 is 5.73 Å². The van der Waals surface area contributed by atoms with Crippen LogP contribution in [0.2, 0.25) is 5.02 Å². The van der Waals surface area contributed by atoms with Crippen molar-refractivity contribution < 1.29 is 0 Å². The van der Waals surface area contributed by atoms with Crippen LogP contribution in [0, 0.1) is 0 Å². The summed E-state index contributed by atoms with van der Waals surface area (Å²) in [6.07, 6.45) is 1.57. The molecule has 0 atom stereocenters. The van der Waals surface area contributed by atoms with Gasteiger partial charge in [0.05, 0.1) is 5.02 Å². The molecule has 0 unspecified atom stereocenters. The molecule has 0 radical (unpaired) electrons. The van der Waals surface area contributed by atoms with E-state index in [1.165, 1.54) is 0 Å². The first-order valence-electron chi connectivity index (χ1n) is 3.58. The van der Waals surface area contributed by atoms with Crippen molar-refractivity contribution in [2.75, 3.05) is 5.73 Å². The number of halogens is 2. The summed E-state index contributed by atoms with van der Waals surface area (Å²) in [6.45, 7) is 0. The predicted octanol–water partition coefficient (Wildman–Crippen LogP) is 2.89. The molecule has 1 aromatic carbocycles. The fourth-order valence-corrected chi connectivity index (χ4v) is 1.39. The Morgan fingerprint density at radius 2 is 1.77 bits per heavy atom. The van der Waals surface area contributed by atoms with E-state index in [2.05, 4.69) is 4.98 Å². The summed E-state index contributed by atoms with van der Waals surface area (Å²) in [4.78, 5) is 3.95. The van der Waals surface area contributed by atoms with Gasteiger partial charge in [-0.25, -0.2) is 4.98 Å². The summed E-state index contributed by atoms with van der Waals surface area (Å²) in [5, 5.41) is 2.50. The van der Waals surface area contributed by atoms with Gasteiger partial charge in [-0.15, -0.1) is 12.4 Å². The van der Waals surface area contributed by atoms with E-state index in [9.17, 15) is 0 Å². The highest BCUT2D eigenvalue weighted by atomic mass is 35.5. The molecule has 0 spiro atoms. The Labute approximate surface area is 87.1 Å². The van der Waals surface area contributed by atoms with Gasteiger partial charge in [0.15, 0.2) is 0 Å². The standard InChI is InChI=1S/C9H7ClN2.ClH/c10-8-5-12-9(11)7-4-2-1-3-6(7)8;/h1-5H,(H2,11,12);1H. The van der Waals surface area contributed by atoms with Gasteiger partial charge >= 0.3 is 0 Å². The fraction of sp³-hybridized carbons (Fsp3) is 0. The third-order valence-electron chi connectivity index (χ3n) is 1.78. The van der Waals surface area contributed by atoms with Gasteiger partial charge in [0.25, 0.3) is 0 Å². The van der Waals surface area contributed by atoms with Crippen LogP contribution in [0.25, 0.3) is 10.8 Å². The second-order valence-electron chi connectivity index (χ2n) is 2.54. The number of fused-ring (bicyclic) bond motifs is 1. The van der Waals surface area contributed by atoms with Gasteiger partial charge in [-0.3, -0.25) is 0 Å². The maximum atomic E-state index is 5.91. The lowest BCUT2D eigenvalue weighted by molar-refractivity contribution is 1.37. The predicted molar refractivity (Wildman–Crippen MR) is 58.4 cm³/mol. The van der Waals surface area contributed by atoms with Crippen LogP contribution in [0.3, 0.4) is 0 Å². The van der Waals surface area contributed by atoms with E-state index in [1.807, 2.05) is 24.3 Å². The summed E-state index contributed by atoms with van der Waals surface area (Å²) >= 11 is 5.91. The Morgan fingerprint density at radius 1 is 1.15 bits per heavy atom. The number of hydrogen-bond acceptors (Lipinski definition) is 2. The molecule has 2 rings (SSSR count). The number of aromatic nitrogens is 1. The lowest BCUT2D eigenvalue weighted by Gasteiger charge is -2.01. The number of hydrogen-bond donors (Lipinski definition) is 1. The molecule has 2 nitrogen and oxygen atoms in total. The molecule has 1 aromatic heterocycles. The van der Waals surface area contributed by atoms with Gasteiger partial charge in [-0.05, 0) is 0 Å². The first kappa shape index (κ1) is 10.1. The molecule has 0 saturated heterocycles. The lowest BCUT2D eigenvalue weighted by Crippen LogP contribution is -1.90. The third kappa shape index (κ3) is 1.69. The zero-order valence-corrected chi connectivity index (χ0v) is 8.27. The van der Waals surface area contributed by atoms with Crippen molar-refractivity contribution in [2.45, 2.75) is 0 Å². The highest BCUT2D eigenvalue weighted by Gasteiger charge is 2.00. The van der Waals surface area contributed by atoms with Crippen molar-refractivity contribution in [3.8, 4) is 0 Å². The highest BCUT2D eigenvalue weighted by Crippen LogP contribution is 2.25. The molecule has 0 amide bonds. The molecule has 0 aliphatic heterocycles. The highest BCUT2D eigenvalue weighted by molar-refractivity contribution is 6.35. The zero-order chi connectivity index (χ0) is 8.55. The van der Waals surface area contributed by atoms with Crippen molar-refractivity contribution in [3.05, 3.63) is 35.5 Å². The first-order chi connectivity index (χ1) is 5.79. The largest absolute Gasteiger partial charge is 0.383 e. The van der Waals surface area contributed by atoms with Crippen molar-refractivity contribution in [3.63, 3.8) is 0 Å². The number of rotatable bonds is 0. The van der Waals surface area contributed by atoms with Gasteiger partial charge in [0.2, 0.25) is 0 Å². The molecule has 2 aromatic rings. The van der Waals surface area contributed by atoms with Gasteiger partial charge in [-0.2, -0.15) is 0 Å². The normalized spacial score (nSPS) is 9.62. The average Bonchev–Trinajstić information content (AvgIpc) is 2.12. The molecule has 1 heterocycles. The Balaban J connectivity index is 0.000000845. The molecule has 0 aliphatic rings. The number of anilines is 1. The van der Waals surface area contributed by atoms with Crippen molar-refractivity contribution in [1.29, 1.82) is 0 Å². The molecular weight excluding hydrogens is 207 g/mol. The van der Waals surface area contributed by atoms with E-state index in [0.29, 0.717) is 10.8 Å². The van der Waals surface area contributed by atoms with Crippen molar-refractivity contribution >= 4 is 40.6 Å². The summed E-state index contributed by atoms with van der Waals surface area (Å²) < 4.78 is 0. The minimum atomic E-state index is 0. The quantitative estimate of drug-likeness (QED) is 0.733. The van der Waals surface area contributed by atoms with Crippen LogP contribution >= 0.6 is 24.0 Å². The van der Waals surface area contributed by atoms with Crippen LogP contribution < -0.4 is 5.73 Å². The Hall–Kier alpha value is -0.990. The maximum absolute atomic E-state index is 5.91. The zero-order valence-electron chi connectivity index (χ0n) is 6.70. The lowest BCUT2D eigenvalue weighted by atomic mass is 10.2. The Morgan fingerprint density at radius 3 is 2.38 bits per heavy atom. The smallest absolute Gasteiger partial charge is 0.131 e. The SMILES string of the molecule is Cl.Nc1ncc(Cl)c2ccccc12. The number of nitrogens with two attached hydrogens (primary N) is 1. The van der Waals surface area contributed by atoms with Crippen LogP contribution in [-0.4, -0.2) is 4.98 Å². The number of nitrogens with zero attached hydrogens (tertiary/aromatic N) is 1. The van der Waals surface area contributed by atoms with Crippen LogP contribution in [0.4, 0.5) is 5.82 Å². The molecular formula is C9H8Cl2N2. The average molecular weight is 215 g/mol. The van der Waals surface area contributed by atoms with E-state index in [-0.39, 0.29) is 12.4 Å². The van der Waals surface area contributed by atoms with E-state index in [0.717, 1.165) is 10.8 Å². The molecule has 0 saturated carbocycles. The summed E-state index contributed by atoms with van der Waals surface area (Å²) in [5.41, 5.74) is 5.66. The first-order valence-corrected chi connectivity index (χ1v) is 3.95. The number of benzene rings is 1. The molecule has 0 aliphatic carbocycles. The fourth-order valence-electron chi connectivity index (χ4n) is 1.18. The third-order valence-corrected chi connectivity index (χ3v) is 2.08. The molecule has 13 heavy (non-hydrogen) atoms. The van der Waals surface area contributed by atoms with Gasteiger partial charge in [0, 0.05) is 17.0 Å². The topological polar surface area (TPSA) is 38.9 Å². The second-order valence-corrected chi connectivity index (χ2v) is 2.94. The van der Waals surface area contributed by atoms with Crippen LogP contribution in [-0.2, 0) is 0 Å². The Kier molecular flexibility index (Phi) is 2.96. The van der Waals surface area contributed by atoms with Crippen molar-refractivity contribution in [1.82, 2.24) is 4.98 Å². The number of pyridine rings is 1. The molecule has 0 bridgehead atoms. The minimum absolute atomic E-state index is 0. The summed E-state index contributed by atoms with van der Waals surface area (Å²) in [5.74, 6) is 0.523. The molecule has 0 fully saturated rings. The van der Waals surface area contributed by atoms with Gasteiger partial charge in [0.1, 0.15) is 5.82 Å². The molecule has 68 valence electrons. The van der Waals surface area contributed by atoms with E-state index >= 15 is 0 Å². The summed E-state index contributed by atoms with van der Waals surface area (Å²) in [7, 11) is 0. The second kappa shape index (κ2) is 3.81. The van der Waals surface area contributed by atoms with Crippen LogP contribution in [0.1, 0.15) is 0 Å². The molecule has 4 heteroatoms. The summed E-state index contributed by atoms with van der Waals surface area (Å²) in [6, 6.07) is 7.67. The van der Waals surface area contributed by atoms with E-state index < -0.39 is 0 Å². The van der Waals surface area contributed by atoms with E-state index in [1.54, 1.807) is 6.20 Å². The number of nitrogen functional groups attached to an aromatic ring is 1. The van der Waals surface area contributed by atoms with E-state index in [4.69, 9.17) is 17.3 Å². The monoisotopic (exact) mass is 214 g/mol. The maximum Gasteiger partial charge on any atom is 0.131 e. The van der Waals surface area contributed by atoms with Crippen LogP contribution in [0.5, 0.6) is 0 Å². The molecule has 2 N–H and O–H groups in total. The van der Waals surface area contributed by atoms with Gasteiger partial charge in [-0.1, -0.05) is 35.9 Å². The minimum Gasteiger partial charge on any atom is -0.383 e. The Bertz CT molecular complexity index is 388. The van der Waals surface area contributed by atoms with Crippen LogP contribution in [0.15, 0.2) is 30.5 Å².